The van der Waals surface area contributed by atoms with Crippen LogP contribution < -0.4 is 14.3 Å². The number of aromatic nitrogens is 1. The molecule has 0 radical (unpaired) electrons. The Bertz CT molecular complexity index is 989. The number of hydrogen-bond donors (Lipinski definition) is 0. The molecule has 5 nitrogen and oxygen atoms in total. The number of ether oxygens (including phenoxy) is 2. The lowest BCUT2D eigenvalue weighted by atomic mass is 10.2. The number of aryl methyl sites for hydroxylation is 1. The number of para-hydroxylation sites is 3. The summed E-state index contributed by atoms with van der Waals surface area (Å²) in [6.07, 6.45) is 0.258. The van der Waals surface area contributed by atoms with Gasteiger partial charge in [-0.1, -0.05) is 42.5 Å². The van der Waals surface area contributed by atoms with Crippen LogP contribution >= 0.6 is 11.3 Å². The molecule has 25 heavy (non-hydrogen) atoms. The van der Waals surface area contributed by atoms with Crippen LogP contribution in [0.2, 0.25) is 0 Å². The first-order valence-corrected chi connectivity index (χ1v) is 9.13. The number of thiazole rings is 1. The molecule has 3 aromatic rings. The molecule has 0 unspecified atom stereocenters. The van der Waals surface area contributed by atoms with Crippen molar-refractivity contribution >= 4 is 27.5 Å². The second-order valence-electron chi connectivity index (χ2n) is 5.82. The molecular formula is C19H18N2O3S. The number of amides is 1. The standard InChI is InChI=1S/C19H18N2O3S/c1-2-11-21-13-7-3-6-10-17(13)25-19(21)20-18(22)16-12-23-14-8-4-5-9-15(14)24-16/h3-10,16H,2,11-12H2,1H3/t16-/m1/s1. The van der Waals surface area contributed by atoms with E-state index in [-0.39, 0.29) is 12.5 Å². The first-order chi connectivity index (χ1) is 12.3. The molecule has 0 bridgehead atoms. The van der Waals surface area contributed by atoms with Crippen LogP contribution in [-0.4, -0.2) is 23.2 Å². The lowest BCUT2D eigenvalue weighted by molar-refractivity contribution is -0.127. The largest absolute Gasteiger partial charge is 0.485 e. The highest BCUT2D eigenvalue weighted by Gasteiger charge is 2.27. The van der Waals surface area contributed by atoms with Gasteiger partial charge in [0.2, 0.25) is 6.10 Å². The maximum Gasteiger partial charge on any atom is 0.292 e. The van der Waals surface area contributed by atoms with Gasteiger partial charge in [0.05, 0.1) is 10.2 Å². The van der Waals surface area contributed by atoms with E-state index in [0.29, 0.717) is 16.3 Å². The smallest absolute Gasteiger partial charge is 0.292 e. The Labute approximate surface area is 149 Å². The van der Waals surface area contributed by atoms with Crippen molar-refractivity contribution in [3.63, 3.8) is 0 Å². The number of rotatable bonds is 3. The Kier molecular flexibility index (Phi) is 4.28. The average molecular weight is 354 g/mol. The minimum atomic E-state index is -0.713. The first kappa shape index (κ1) is 15.9. The summed E-state index contributed by atoms with van der Waals surface area (Å²) in [5, 5.41) is 0. The number of carbonyl (C=O) groups excluding carboxylic acids is 1. The van der Waals surface area contributed by atoms with Gasteiger partial charge >= 0.3 is 0 Å². The highest BCUT2D eigenvalue weighted by molar-refractivity contribution is 7.16. The minimum Gasteiger partial charge on any atom is -0.485 e. The van der Waals surface area contributed by atoms with E-state index in [1.807, 2.05) is 36.4 Å². The zero-order chi connectivity index (χ0) is 17.2. The summed E-state index contributed by atoms with van der Waals surface area (Å²) in [5.74, 6) is 0.931. The summed E-state index contributed by atoms with van der Waals surface area (Å²) >= 11 is 1.52. The summed E-state index contributed by atoms with van der Waals surface area (Å²) in [6.45, 7) is 3.11. The number of hydrogen-bond acceptors (Lipinski definition) is 4. The van der Waals surface area contributed by atoms with Crippen LogP contribution in [0, 0.1) is 0 Å². The molecule has 1 amide bonds. The number of nitrogens with zero attached hydrogens (tertiary/aromatic N) is 2. The van der Waals surface area contributed by atoms with E-state index in [4.69, 9.17) is 9.47 Å². The summed E-state index contributed by atoms with van der Waals surface area (Å²) in [6, 6.07) is 15.5. The van der Waals surface area contributed by atoms with Crippen molar-refractivity contribution in [2.24, 2.45) is 4.99 Å². The fourth-order valence-electron chi connectivity index (χ4n) is 2.85. The van der Waals surface area contributed by atoms with Crippen molar-refractivity contribution < 1.29 is 14.3 Å². The van der Waals surface area contributed by atoms with Crippen LogP contribution in [0.4, 0.5) is 0 Å². The van der Waals surface area contributed by atoms with Crippen LogP contribution in [0.3, 0.4) is 0 Å². The van der Waals surface area contributed by atoms with Gasteiger partial charge in [0, 0.05) is 6.54 Å². The van der Waals surface area contributed by atoms with Crippen LogP contribution in [0.5, 0.6) is 11.5 Å². The second-order valence-corrected chi connectivity index (χ2v) is 6.83. The fraction of sp³-hybridized carbons (Fsp3) is 0.263. The predicted octanol–water partition coefficient (Wildman–Crippen LogP) is 3.38. The quantitative estimate of drug-likeness (QED) is 0.724. The zero-order valence-corrected chi connectivity index (χ0v) is 14.7. The molecular weight excluding hydrogens is 336 g/mol. The molecule has 0 saturated carbocycles. The Hall–Kier alpha value is -2.60. The predicted molar refractivity (Wildman–Crippen MR) is 97.0 cm³/mol. The second kappa shape index (κ2) is 6.72. The zero-order valence-electron chi connectivity index (χ0n) is 13.8. The molecule has 2 aromatic carbocycles. The minimum absolute atomic E-state index is 0.179. The normalized spacial score (nSPS) is 17.0. The lowest BCUT2D eigenvalue weighted by Gasteiger charge is -2.23. The maximum absolute atomic E-state index is 12.6. The monoisotopic (exact) mass is 354 g/mol. The van der Waals surface area contributed by atoms with Gasteiger partial charge < -0.3 is 14.0 Å². The van der Waals surface area contributed by atoms with Crippen LogP contribution in [0.1, 0.15) is 13.3 Å². The summed E-state index contributed by atoms with van der Waals surface area (Å²) in [4.78, 5) is 17.7. The van der Waals surface area contributed by atoms with E-state index in [2.05, 4.69) is 22.5 Å². The molecule has 4 rings (SSSR count). The number of benzene rings is 2. The van der Waals surface area contributed by atoms with E-state index < -0.39 is 6.10 Å². The Morgan fingerprint density at radius 1 is 1.20 bits per heavy atom. The molecule has 6 heteroatoms. The average Bonchev–Trinajstić information content (AvgIpc) is 2.99. The molecule has 0 saturated heterocycles. The summed E-state index contributed by atoms with van der Waals surface area (Å²) in [7, 11) is 0. The van der Waals surface area contributed by atoms with Gasteiger partial charge in [0.15, 0.2) is 16.3 Å². The molecule has 0 fully saturated rings. The van der Waals surface area contributed by atoms with Gasteiger partial charge in [-0.2, -0.15) is 4.99 Å². The van der Waals surface area contributed by atoms with Crippen molar-refractivity contribution in [1.29, 1.82) is 0 Å². The highest BCUT2D eigenvalue weighted by Crippen LogP contribution is 2.31. The van der Waals surface area contributed by atoms with E-state index in [9.17, 15) is 4.79 Å². The van der Waals surface area contributed by atoms with Crippen molar-refractivity contribution in [2.45, 2.75) is 26.0 Å². The van der Waals surface area contributed by atoms with Crippen molar-refractivity contribution in [3.8, 4) is 11.5 Å². The molecule has 0 spiro atoms. The van der Waals surface area contributed by atoms with E-state index in [0.717, 1.165) is 23.2 Å². The van der Waals surface area contributed by atoms with Crippen LogP contribution in [0.15, 0.2) is 53.5 Å². The van der Waals surface area contributed by atoms with Crippen LogP contribution in [0.25, 0.3) is 10.2 Å². The Balaban J connectivity index is 1.68. The van der Waals surface area contributed by atoms with Gasteiger partial charge in [-0.05, 0) is 30.7 Å². The SMILES string of the molecule is CCCn1c(=NC(=O)[C@H]2COc3ccccc3O2)sc2ccccc21. The summed E-state index contributed by atoms with van der Waals surface area (Å²) in [5.41, 5.74) is 1.10. The molecule has 1 atom stereocenters. The maximum atomic E-state index is 12.6. The molecule has 2 heterocycles. The number of fused-ring (bicyclic) bond motifs is 2. The molecule has 128 valence electrons. The van der Waals surface area contributed by atoms with E-state index in [1.54, 1.807) is 6.07 Å². The van der Waals surface area contributed by atoms with Gasteiger partial charge in [0.1, 0.15) is 6.61 Å². The third-order valence-electron chi connectivity index (χ3n) is 4.03. The third kappa shape index (κ3) is 3.05. The van der Waals surface area contributed by atoms with E-state index >= 15 is 0 Å². The van der Waals surface area contributed by atoms with Gasteiger partial charge in [-0.3, -0.25) is 4.79 Å². The highest BCUT2D eigenvalue weighted by atomic mass is 32.1. The number of carbonyl (C=O) groups is 1. The molecule has 0 N–H and O–H groups in total. The molecule has 1 aliphatic heterocycles. The van der Waals surface area contributed by atoms with Gasteiger partial charge in [-0.15, -0.1) is 0 Å². The van der Waals surface area contributed by atoms with Crippen molar-refractivity contribution in [1.82, 2.24) is 4.57 Å². The van der Waals surface area contributed by atoms with Crippen molar-refractivity contribution in [2.75, 3.05) is 6.61 Å². The van der Waals surface area contributed by atoms with Gasteiger partial charge in [-0.25, -0.2) is 0 Å². The third-order valence-corrected chi connectivity index (χ3v) is 5.08. The molecule has 1 aliphatic rings. The molecule has 1 aromatic heterocycles. The Morgan fingerprint density at radius 2 is 1.96 bits per heavy atom. The summed E-state index contributed by atoms with van der Waals surface area (Å²) < 4.78 is 14.6. The fourth-order valence-corrected chi connectivity index (χ4v) is 3.91. The Morgan fingerprint density at radius 3 is 2.80 bits per heavy atom. The lowest BCUT2D eigenvalue weighted by Crippen LogP contribution is -2.36. The van der Waals surface area contributed by atoms with Gasteiger partial charge in [0.25, 0.3) is 5.91 Å². The molecule has 0 aliphatic carbocycles. The first-order valence-electron chi connectivity index (χ1n) is 8.31. The topological polar surface area (TPSA) is 52.8 Å². The van der Waals surface area contributed by atoms with E-state index in [1.165, 1.54) is 11.3 Å². The van der Waals surface area contributed by atoms with Crippen LogP contribution in [-0.2, 0) is 11.3 Å². The van der Waals surface area contributed by atoms with Crippen molar-refractivity contribution in [3.05, 3.63) is 53.3 Å².